The SMILES string of the molecule is CCCCN(CCO)C(=O)Nc1cccc2ccc(C)nc12. The Morgan fingerprint density at radius 3 is 2.82 bits per heavy atom. The topological polar surface area (TPSA) is 65.5 Å². The third-order valence-corrected chi connectivity index (χ3v) is 3.54. The van der Waals surface area contributed by atoms with Crippen molar-refractivity contribution in [1.29, 1.82) is 0 Å². The summed E-state index contributed by atoms with van der Waals surface area (Å²) in [5, 5.41) is 13.0. The first kappa shape index (κ1) is 16.2. The van der Waals surface area contributed by atoms with Crippen LogP contribution >= 0.6 is 0 Å². The summed E-state index contributed by atoms with van der Waals surface area (Å²) in [5.74, 6) is 0. The van der Waals surface area contributed by atoms with Gasteiger partial charge in [-0.2, -0.15) is 0 Å². The summed E-state index contributed by atoms with van der Waals surface area (Å²) in [6.07, 6.45) is 1.92. The minimum absolute atomic E-state index is 0.0377. The van der Waals surface area contributed by atoms with Crippen LogP contribution in [0.2, 0.25) is 0 Å². The molecule has 1 aromatic heterocycles. The third kappa shape index (κ3) is 3.95. The quantitative estimate of drug-likeness (QED) is 0.861. The maximum atomic E-state index is 12.4. The predicted octanol–water partition coefficient (Wildman–Crippen LogP) is 3.17. The Morgan fingerprint density at radius 2 is 2.09 bits per heavy atom. The van der Waals surface area contributed by atoms with Gasteiger partial charge in [0, 0.05) is 24.2 Å². The molecule has 22 heavy (non-hydrogen) atoms. The number of nitrogens with one attached hydrogen (secondary N) is 1. The number of para-hydroxylation sites is 1. The van der Waals surface area contributed by atoms with E-state index in [2.05, 4.69) is 17.2 Å². The number of hydrogen-bond acceptors (Lipinski definition) is 3. The molecular weight excluding hydrogens is 278 g/mol. The lowest BCUT2D eigenvalue weighted by atomic mass is 10.2. The van der Waals surface area contributed by atoms with Gasteiger partial charge in [0.25, 0.3) is 0 Å². The highest BCUT2D eigenvalue weighted by Gasteiger charge is 2.14. The zero-order chi connectivity index (χ0) is 15.9. The van der Waals surface area contributed by atoms with Crippen LogP contribution in [0.5, 0.6) is 0 Å². The molecule has 0 unspecified atom stereocenters. The van der Waals surface area contributed by atoms with E-state index in [0.29, 0.717) is 18.8 Å². The van der Waals surface area contributed by atoms with E-state index >= 15 is 0 Å². The second-order valence-electron chi connectivity index (χ2n) is 5.32. The Morgan fingerprint density at radius 1 is 1.27 bits per heavy atom. The molecule has 0 aliphatic carbocycles. The highest BCUT2D eigenvalue weighted by Crippen LogP contribution is 2.22. The zero-order valence-corrected chi connectivity index (χ0v) is 13.2. The van der Waals surface area contributed by atoms with Crippen LogP contribution in [-0.2, 0) is 0 Å². The van der Waals surface area contributed by atoms with E-state index in [0.717, 1.165) is 29.4 Å². The highest BCUT2D eigenvalue weighted by molar-refractivity contribution is 5.99. The van der Waals surface area contributed by atoms with Gasteiger partial charge in [-0.15, -0.1) is 0 Å². The van der Waals surface area contributed by atoms with Crippen LogP contribution in [-0.4, -0.2) is 40.7 Å². The second kappa shape index (κ2) is 7.75. The summed E-state index contributed by atoms with van der Waals surface area (Å²) in [7, 11) is 0. The molecule has 0 bridgehead atoms. The molecule has 0 saturated heterocycles. The first-order valence-corrected chi connectivity index (χ1v) is 7.69. The molecule has 0 aliphatic heterocycles. The smallest absolute Gasteiger partial charge is 0.321 e. The fourth-order valence-electron chi connectivity index (χ4n) is 2.32. The van der Waals surface area contributed by atoms with Gasteiger partial charge in [0.05, 0.1) is 17.8 Å². The van der Waals surface area contributed by atoms with E-state index in [1.807, 2.05) is 37.3 Å². The van der Waals surface area contributed by atoms with Gasteiger partial charge in [0.15, 0.2) is 0 Å². The molecule has 0 saturated carbocycles. The Hall–Kier alpha value is -2.14. The fraction of sp³-hybridized carbons (Fsp3) is 0.412. The van der Waals surface area contributed by atoms with Crippen molar-refractivity contribution in [2.45, 2.75) is 26.7 Å². The lowest BCUT2D eigenvalue weighted by Crippen LogP contribution is -2.37. The molecule has 5 heteroatoms. The second-order valence-corrected chi connectivity index (χ2v) is 5.32. The standard InChI is InChI=1S/C17H23N3O2/c1-3-4-10-20(11-12-21)17(22)19-15-7-5-6-14-9-8-13(2)18-16(14)15/h5-9,21H,3-4,10-12H2,1-2H3,(H,19,22). The molecule has 2 amide bonds. The number of carbonyl (C=O) groups excluding carboxylic acids is 1. The van der Waals surface area contributed by atoms with Crippen LogP contribution in [0.15, 0.2) is 30.3 Å². The Labute approximate surface area is 131 Å². The van der Waals surface area contributed by atoms with Gasteiger partial charge in [0.2, 0.25) is 0 Å². The molecule has 0 atom stereocenters. The molecule has 2 rings (SSSR count). The summed E-state index contributed by atoms with van der Waals surface area (Å²) in [5.41, 5.74) is 2.40. The molecule has 118 valence electrons. The third-order valence-electron chi connectivity index (χ3n) is 3.54. The number of carbonyl (C=O) groups is 1. The summed E-state index contributed by atoms with van der Waals surface area (Å²) in [6.45, 7) is 4.94. The van der Waals surface area contributed by atoms with Gasteiger partial charge in [-0.3, -0.25) is 4.98 Å². The van der Waals surface area contributed by atoms with Gasteiger partial charge in [-0.25, -0.2) is 4.79 Å². The minimum atomic E-state index is -0.196. The number of aromatic nitrogens is 1. The number of fused-ring (bicyclic) bond motifs is 1. The average molecular weight is 301 g/mol. The van der Waals surface area contributed by atoms with Crippen LogP contribution < -0.4 is 5.32 Å². The number of pyridine rings is 1. The minimum Gasteiger partial charge on any atom is -0.395 e. The van der Waals surface area contributed by atoms with Crippen LogP contribution in [0.25, 0.3) is 10.9 Å². The average Bonchev–Trinajstić information content (AvgIpc) is 2.52. The zero-order valence-electron chi connectivity index (χ0n) is 13.2. The van der Waals surface area contributed by atoms with E-state index in [4.69, 9.17) is 5.11 Å². The Kier molecular flexibility index (Phi) is 5.72. The molecule has 5 nitrogen and oxygen atoms in total. The Bertz CT molecular complexity index is 643. The lowest BCUT2D eigenvalue weighted by Gasteiger charge is -2.22. The first-order valence-electron chi connectivity index (χ1n) is 7.69. The van der Waals surface area contributed by atoms with Crippen molar-refractivity contribution in [2.75, 3.05) is 25.0 Å². The Balaban J connectivity index is 2.21. The molecule has 0 aliphatic rings. The first-order chi connectivity index (χ1) is 10.7. The van der Waals surface area contributed by atoms with E-state index in [1.165, 1.54) is 0 Å². The van der Waals surface area contributed by atoms with Crippen LogP contribution in [0.3, 0.4) is 0 Å². The normalized spacial score (nSPS) is 10.7. The molecular formula is C17H23N3O2. The number of aryl methyl sites for hydroxylation is 1. The predicted molar refractivity (Wildman–Crippen MR) is 89.1 cm³/mol. The summed E-state index contributed by atoms with van der Waals surface area (Å²) < 4.78 is 0. The molecule has 0 fully saturated rings. The van der Waals surface area contributed by atoms with Gasteiger partial charge < -0.3 is 15.3 Å². The number of aliphatic hydroxyl groups excluding tert-OH is 1. The van der Waals surface area contributed by atoms with Crippen LogP contribution in [0, 0.1) is 6.92 Å². The number of urea groups is 1. The van der Waals surface area contributed by atoms with E-state index < -0.39 is 0 Å². The van der Waals surface area contributed by atoms with Gasteiger partial charge >= 0.3 is 6.03 Å². The number of amides is 2. The summed E-state index contributed by atoms with van der Waals surface area (Å²) in [4.78, 5) is 18.6. The van der Waals surface area contributed by atoms with E-state index in [-0.39, 0.29) is 12.6 Å². The number of aliphatic hydroxyl groups is 1. The molecule has 0 radical (unpaired) electrons. The monoisotopic (exact) mass is 301 g/mol. The number of rotatable bonds is 6. The number of anilines is 1. The fourth-order valence-corrected chi connectivity index (χ4v) is 2.32. The van der Waals surface area contributed by atoms with Crippen molar-refractivity contribution in [3.63, 3.8) is 0 Å². The molecule has 1 aromatic carbocycles. The number of benzene rings is 1. The van der Waals surface area contributed by atoms with Crippen LogP contribution in [0.4, 0.5) is 10.5 Å². The van der Waals surface area contributed by atoms with Crippen molar-refractivity contribution in [3.05, 3.63) is 36.0 Å². The van der Waals surface area contributed by atoms with Crippen molar-refractivity contribution >= 4 is 22.6 Å². The van der Waals surface area contributed by atoms with Crippen molar-refractivity contribution in [2.24, 2.45) is 0 Å². The number of nitrogens with zero attached hydrogens (tertiary/aromatic N) is 2. The number of unbranched alkanes of at least 4 members (excludes halogenated alkanes) is 1. The maximum Gasteiger partial charge on any atom is 0.321 e. The molecule has 2 aromatic rings. The van der Waals surface area contributed by atoms with Gasteiger partial charge in [0.1, 0.15) is 0 Å². The highest BCUT2D eigenvalue weighted by atomic mass is 16.3. The molecule has 1 heterocycles. The van der Waals surface area contributed by atoms with Crippen molar-refractivity contribution in [3.8, 4) is 0 Å². The van der Waals surface area contributed by atoms with Gasteiger partial charge in [-0.1, -0.05) is 31.5 Å². The van der Waals surface area contributed by atoms with E-state index in [1.54, 1.807) is 4.90 Å². The maximum absolute atomic E-state index is 12.4. The van der Waals surface area contributed by atoms with Gasteiger partial charge in [-0.05, 0) is 25.5 Å². The van der Waals surface area contributed by atoms with Crippen molar-refractivity contribution < 1.29 is 9.90 Å². The van der Waals surface area contributed by atoms with Crippen molar-refractivity contribution in [1.82, 2.24) is 9.88 Å². The summed E-state index contributed by atoms with van der Waals surface area (Å²) in [6, 6.07) is 9.47. The largest absolute Gasteiger partial charge is 0.395 e. The summed E-state index contributed by atoms with van der Waals surface area (Å²) >= 11 is 0. The molecule has 0 spiro atoms. The van der Waals surface area contributed by atoms with Crippen LogP contribution in [0.1, 0.15) is 25.5 Å². The number of hydrogen-bond donors (Lipinski definition) is 2. The van der Waals surface area contributed by atoms with E-state index in [9.17, 15) is 4.79 Å². The molecule has 2 N–H and O–H groups in total. The lowest BCUT2D eigenvalue weighted by molar-refractivity contribution is 0.187.